The summed E-state index contributed by atoms with van der Waals surface area (Å²) < 4.78 is 44.8. The summed E-state index contributed by atoms with van der Waals surface area (Å²) in [5.74, 6) is -1.33. The van der Waals surface area contributed by atoms with Crippen LogP contribution in [-0.4, -0.2) is 33.4 Å². The number of hydrogen-bond acceptors (Lipinski definition) is 5. The zero-order valence-corrected chi connectivity index (χ0v) is 16.1. The lowest BCUT2D eigenvalue weighted by atomic mass is 10.2. The molecule has 0 bridgehead atoms. The van der Waals surface area contributed by atoms with Gasteiger partial charge in [-0.15, -0.1) is 0 Å². The highest BCUT2D eigenvalue weighted by Gasteiger charge is 2.15. The van der Waals surface area contributed by atoms with Crippen molar-refractivity contribution in [1.82, 2.24) is 4.72 Å². The molecule has 2 N–H and O–H groups in total. The van der Waals surface area contributed by atoms with Crippen LogP contribution in [0.25, 0.3) is 0 Å². The van der Waals surface area contributed by atoms with Gasteiger partial charge in [0.1, 0.15) is 5.82 Å². The van der Waals surface area contributed by atoms with E-state index in [9.17, 15) is 22.4 Å². The van der Waals surface area contributed by atoms with Gasteiger partial charge in [-0.2, -0.15) is 0 Å². The predicted molar refractivity (Wildman–Crippen MR) is 102 cm³/mol. The standard InChI is InChI=1S/C19H21FN2O5S/c1-2-27-19(24)14-8-10-17(11-9-14)28(25,26)21-12-4-7-18(23)22-16-6-3-5-15(20)13-16/h3,5-6,8-11,13,21H,2,4,7,12H2,1H3,(H,22,23). The molecule has 28 heavy (non-hydrogen) atoms. The van der Waals surface area contributed by atoms with Gasteiger partial charge < -0.3 is 10.1 Å². The van der Waals surface area contributed by atoms with Crippen LogP contribution in [0.4, 0.5) is 10.1 Å². The lowest BCUT2D eigenvalue weighted by Gasteiger charge is -2.08. The third-order valence-corrected chi connectivity index (χ3v) is 5.13. The summed E-state index contributed by atoms with van der Waals surface area (Å²) in [5, 5.41) is 2.54. The molecular formula is C19H21FN2O5S. The zero-order valence-electron chi connectivity index (χ0n) is 15.3. The van der Waals surface area contributed by atoms with Crippen molar-refractivity contribution >= 4 is 27.6 Å². The number of nitrogens with one attached hydrogen (secondary N) is 2. The van der Waals surface area contributed by atoms with Crippen LogP contribution in [0.5, 0.6) is 0 Å². The van der Waals surface area contributed by atoms with E-state index in [2.05, 4.69) is 10.0 Å². The number of esters is 1. The molecule has 0 unspecified atom stereocenters. The highest BCUT2D eigenvalue weighted by atomic mass is 32.2. The maximum absolute atomic E-state index is 13.1. The summed E-state index contributed by atoms with van der Waals surface area (Å²) in [5.41, 5.74) is 0.599. The van der Waals surface area contributed by atoms with Crippen LogP contribution in [0.15, 0.2) is 53.4 Å². The number of carbonyl (C=O) groups is 2. The third-order valence-electron chi connectivity index (χ3n) is 3.66. The second kappa shape index (κ2) is 9.95. The van der Waals surface area contributed by atoms with E-state index in [1.165, 1.54) is 42.5 Å². The molecule has 0 saturated heterocycles. The van der Waals surface area contributed by atoms with Crippen LogP contribution in [-0.2, 0) is 19.6 Å². The van der Waals surface area contributed by atoms with E-state index in [1.807, 2.05) is 0 Å². The van der Waals surface area contributed by atoms with Crippen LogP contribution in [0.1, 0.15) is 30.1 Å². The molecule has 0 spiro atoms. The number of sulfonamides is 1. The number of ether oxygens (including phenoxy) is 1. The van der Waals surface area contributed by atoms with E-state index in [-0.39, 0.29) is 42.4 Å². The molecule has 2 rings (SSSR count). The number of amides is 1. The molecule has 0 aliphatic carbocycles. The summed E-state index contributed by atoms with van der Waals surface area (Å²) in [6, 6.07) is 10.9. The van der Waals surface area contributed by atoms with Gasteiger partial charge >= 0.3 is 5.97 Å². The van der Waals surface area contributed by atoms with Crippen LogP contribution >= 0.6 is 0 Å². The number of halogens is 1. The lowest BCUT2D eigenvalue weighted by molar-refractivity contribution is -0.116. The zero-order chi connectivity index (χ0) is 20.6. The van der Waals surface area contributed by atoms with E-state index >= 15 is 0 Å². The second-order valence-electron chi connectivity index (χ2n) is 5.80. The van der Waals surface area contributed by atoms with E-state index in [4.69, 9.17) is 4.74 Å². The van der Waals surface area contributed by atoms with E-state index in [1.54, 1.807) is 13.0 Å². The van der Waals surface area contributed by atoms with Gasteiger partial charge in [0.15, 0.2) is 0 Å². The van der Waals surface area contributed by atoms with Crippen molar-refractivity contribution in [2.24, 2.45) is 0 Å². The molecule has 0 aromatic heterocycles. The van der Waals surface area contributed by atoms with Crippen molar-refractivity contribution in [3.8, 4) is 0 Å². The van der Waals surface area contributed by atoms with Crippen molar-refractivity contribution < 1.29 is 27.1 Å². The van der Waals surface area contributed by atoms with Gasteiger partial charge in [0, 0.05) is 18.7 Å². The van der Waals surface area contributed by atoms with Crippen molar-refractivity contribution in [2.45, 2.75) is 24.7 Å². The number of carbonyl (C=O) groups excluding carboxylic acids is 2. The summed E-state index contributed by atoms with van der Waals surface area (Å²) in [4.78, 5) is 23.4. The first-order valence-electron chi connectivity index (χ1n) is 8.64. The molecule has 0 aliphatic heterocycles. The Bertz CT molecular complexity index is 930. The average Bonchev–Trinajstić information content (AvgIpc) is 2.65. The van der Waals surface area contributed by atoms with E-state index in [0.717, 1.165) is 0 Å². The minimum absolute atomic E-state index is 0.00441. The molecule has 1 amide bonds. The van der Waals surface area contributed by atoms with Crippen LogP contribution < -0.4 is 10.0 Å². The Hall–Kier alpha value is -2.78. The first-order chi connectivity index (χ1) is 13.3. The second-order valence-corrected chi connectivity index (χ2v) is 7.57. The number of benzene rings is 2. The SMILES string of the molecule is CCOC(=O)c1ccc(S(=O)(=O)NCCCC(=O)Nc2cccc(F)c2)cc1. The van der Waals surface area contributed by atoms with Crippen LogP contribution in [0, 0.1) is 5.82 Å². The molecule has 150 valence electrons. The van der Waals surface area contributed by atoms with Gasteiger partial charge in [0.05, 0.1) is 17.1 Å². The largest absolute Gasteiger partial charge is 0.462 e. The summed E-state index contributed by atoms with van der Waals surface area (Å²) >= 11 is 0. The van der Waals surface area contributed by atoms with Crippen molar-refractivity contribution in [1.29, 1.82) is 0 Å². The van der Waals surface area contributed by atoms with Gasteiger partial charge in [0.25, 0.3) is 0 Å². The number of anilines is 1. The Labute approximate surface area is 163 Å². The van der Waals surface area contributed by atoms with Crippen molar-refractivity contribution in [3.63, 3.8) is 0 Å². The summed E-state index contributed by atoms with van der Waals surface area (Å²) in [7, 11) is -3.76. The normalized spacial score (nSPS) is 11.1. The molecule has 9 heteroatoms. The van der Waals surface area contributed by atoms with Gasteiger partial charge in [-0.25, -0.2) is 22.3 Å². The summed E-state index contributed by atoms with van der Waals surface area (Å²) in [6.07, 6.45) is 0.335. The fourth-order valence-corrected chi connectivity index (χ4v) is 3.39. The molecule has 0 radical (unpaired) electrons. The van der Waals surface area contributed by atoms with Crippen molar-refractivity contribution in [3.05, 3.63) is 59.9 Å². The molecule has 0 atom stereocenters. The Morgan fingerprint density at radius 1 is 1.11 bits per heavy atom. The number of hydrogen-bond donors (Lipinski definition) is 2. The van der Waals surface area contributed by atoms with E-state index < -0.39 is 21.8 Å². The smallest absolute Gasteiger partial charge is 0.338 e. The van der Waals surface area contributed by atoms with Gasteiger partial charge in [-0.05, 0) is 55.8 Å². The van der Waals surface area contributed by atoms with Crippen LogP contribution in [0.2, 0.25) is 0 Å². The highest BCUT2D eigenvalue weighted by molar-refractivity contribution is 7.89. The Balaban J connectivity index is 1.81. The topological polar surface area (TPSA) is 102 Å². The monoisotopic (exact) mass is 408 g/mol. The molecule has 0 saturated carbocycles. The van der Waals surface area contributed by atoms with Crippen molar-refractivity contribution in [2.75, 3.05) is 18.5 Å². The number of rotatable bonds is 9. The first kappa shape index (κ1) is 21.5. The van der Waals surface area contributed by atoms with Gasteiger partial charge in [0.2, 0.25) is 15.9 Å². The third kappa shape index (κ3) is 6.43. The fourth-order valence-electron chi connectivity index (χ4n) is 2.31. The summed E-state index contributed by atoms with van der Waals surface area (Å²) in [6.45, 7) is 1.96. The molecule has 7 nitrogen and oxygen atoms in total. The van der Waals surface area contributed by atoms with Crippen LogP contribution in [0.3, 0.4) is 0 Å². The lowest BCUT2D eigenvalue weighted by Crippen LogP contribution is -2.25. The predicted octanol–water partition coefficient (Wildman–Crippen LogP) is 2.70. The average molecular weight is 408 g/mol. The quantitative estimate of drug-likeness (QED) is 0.491. The molecule has 0 aliphatic rings. The molecule has 2 aromatic carbocycles. The Morgan fingerprint density at radius 3 is 2.46 bits per heavy atom. The fraction of sp³-hybridized carbons (Fsp3) is 0.263. The maximum atomic E-state index is 13.1. The maximum Gasteiger partial charge on any atom is 0.338 e. The molecule has 2 aromatic rings. The van der Waals surface area contributed by atoms with E-state index in [0.29, 0.717) is 5.69 Å². The highest BCUT2D eigenvalue weighted by Crippen LogP contribution is 2.12. The minimum atomic E-state index is -3.76. The first-order valence-corrected chi connectivity index (χ1v) is 10.1. The minimum Gasteiger partial charge on any atom is -0.462 e. The Morgan fingerprint density at radius 2 is 1.82 bits per heavy atom. The van der Waals surface area contributed by atoms with Gasteiger partial charge in [-0.3, -0.25) is 4.79 Å². The van der Waals surface area contributed by atoms with Gasteiger partial charge in [-0.1, -0.05) is 6.07 Å². The molecule has 0 fully saturated rings. The Kier molecular flexibility index (Phi) is 7.65. The molecule has 0 heterocycles. The molecular weight excluding hydrogens is 387 g/mol.